The third kappa shape index (κ3) is 3.24. The highest BCUT2D eigenvalue weighted by molar-refractivity contribution is 5.78. The molecule has 0 aliphatic rings. The molecule has 1 aromatic rings. The summed E-state index contributed by atoms with van der Waals surface area (Å²) in [5.74, 6) is -7.14. The first-order valence-corrected chi connectivity index (χ1v) is 4.97. The van der Waals surface area contributed by atoms with Gasteiger partial charge in [-0.1, -0.05) is 35.5 Å². The SMILES string of the molecule is O=C(O)CN(F)[C@@](F)(Cc1ccccc1)C(=O)O. The summed E-state index contributed by atoms with van der Waals surface area (Å²) >= 11 is 0. The Balaban J connectivity index is 2.93. The van der Waals surface area contributed by atoms with Gasteiger partial charge in [-0.3, -0.25) is 4.79 Å². The Morgan fingerprint density at radius 3 is 2.22 bits per heavy atom. The molecule has 5 nitrogen and oxygen atoms in total. The van der Waals surface area contributed by atoms with Crippen LogP contribution in [0, 0.1) is 0 Å². The Bertz CT molecular complexity index is 440. The number of benzene rings is 1. The van der Waals surface area contributed by atoms with E-state index in [4.69, 9.17) is 10.2 Å². The van der Waals surface area contributed by atoms with Gasteiger partial charge in [0, 0.05) is 6.42 Å². The summed E-state index contributed by atoms with van der Waals surface area (Å²) in [6, 6.07) is 7.56. The van der Waals surface area contributed by atoms with Crippen molar-refractivity contribution in [2.75, 3.05) is 6.54 Å². The normalized spacial score (nSPS) is 14.2. The lowest BCUT2D eigenvalue weighted by Crippen LogP contribution is -2.50. The van der Waals surface area contributed by atoms with E-state index in [2.05, 4.69) is 0 Å². The van der Waals surface area contributed by atoms with Crippen LogP contribution < -0.4 is 0 Å². The lowest BCUT2D eigenvalue weighted by atomic mass is 10.0. The van der Waals surface area contributed by atoms with E-state index in [-0.39, 0.29) is 5.56 Å². The van der Waals surface area contributed by atoms with Crippen LogP contribution in [0.5, 0.6) is 0 Å². The molecule has 0 spiro atoms. The molecular weight excluding hydrogens is 248 g/mol. The quantitative estimate of drug-likeness (QED) is 0.594. The summed E-state index contributed by atoms with van der Waals surface area (Å²) < 4.78 is 27.4. The minimum absolute atomic E-state index is 0.246. The predicted octanol–water partition coefficient (Wildman–Crippen LogP) is 1.25. The van der Waals surface area contributed by atoms with E-state index in [0.717, 1.165) is 0 Å². The summed E-state index contributed by atoms with van der Waals surface area (Å²) in [7, 11) is 0. The molecular formula is C11H11F2NO4. The van der Waals surface area contributed by atoms with Crippen LogP contribution in [0.2, 0.25) is 0 Å². The highest BCUT2D eigenvalue weighted by Crippen LogP contribution is 2.24. The van der Waals surface area contributed by atoms with Gasteiger partial charge in [0.25, 0.3) is 5.79 Å². The minimum atomic E-state index is -3.40. The highest BCUT2D eigenvalue weighted by Gasteiger charge is 2.47. The lowest BCUT2D eigenvalue weighted by molar-refractivity contribution is -0.199. The zero-order valence-corrected chi connectivity index (χ0v) is 9.22. The minimum Gasteiger partial charge on any atom is -0.480 e. The summed E-state index contributed by atoms with van der Waals surface area (Å²) in [6.45, 7) is -1.35. The maximum atomic E-state index is 14.0. The van der Waals surface area contributed by atoms with Crippen LogP contribution in [0.4, 0.5) is 8.87 Å². The molecule has 0 bridgehead atoms. The Morgan fingerprint density at radius 2 is 1.78 bits per heavy atom. The van der Waals surface area contributed by atoms with Crippen molar-refractivity contribution in [3.05, 3.63) is 35.9 Å². The first-order valence-electron chi connectivity index (χ1n) is 4.97. The molecule has 0 amide bonds. The fourth-order valence-electron chi connectivity index (χ4n) is 1.38. The van der Waals surface area contributed by atoms with Gasteiger partial charge in [0.2, 0.25) is 0 Å². The van der Waals surface area contributed by atoms with E-state index in [0.29, 0.717) is 0 Å². The van der Waals surface area contributed by atoms with Crippen LogP contribution in [-0.4, -0.2) is 39.6 Å². The lowest BCUT2D eigenvalue weighted by Gasteiger charge is -2.25. The number of aliphatic carboxylic acids is 2. The smallest absolute Gasteiger partial charge is 0.359 e. The molecule has 0 aliphatic carbocycles. The second-order valence-corrected chi connectivity index (χ2v) is 3.64. The zero-order valence-electron chi connectivity index (χ0n) is 9.22. The summed E-state index contributed by atoms with van der Waals surface area (Å²) in [6.07, 6.45) is -0.785. The van der Waals surface area contributed by atoms with Crippen molar-refractivity contribution in [1.82, 2.24) is 5.12 Å². The molecule has 0 saturated heterocycles. The Labute approximate surface area is 101 Å². The van der Waals surface area contributed by atoms with Crippen molar-refractivity contribution < 1.29 is 28.7 Å². The molecule has 0 unspecified atom stereocenters. The molecule has 0 radical (unpaired) electrons. The molecule has 0 saturated carbocycles. The van der Waals surface area contributed by atoms with Crippen molar-refractivity contribution >= 4 is 11.9 Å². The van der Waals surface area contributed by atoms with Crippen molar-refractivity contribution in [2.45, 2.75) is 12.2 Å². The van der Waals surface area contributed by atoms with Crippen molar-refractivity contribution in [2.24, 2.45) is 0 Å². The average molecular weight is 259 g/mol. The van der Waals surface area contributed by atoms with Crippen LogP contribution in [0.25, 0.3) is 0 Å². The molecule has 0 aliphatic heterocycles. The third-order valence-corrected chi connectivity index (χ3v) is 2.27. The van der Waals surface area contributed by atoms with Gasteiger partial charge in [-0.15, -0.1) is 4.48 Å². The largest absolute Gasteiger partial charge is 0.480 e. The number of rotatable bonds is 6. The number of nitrogens with zero attached hydrogens (tertiary/aromatic N) is 1. The fraction of sp³-hybridized carbons (Fsp3) is 0.273. The molecule has 1 rings (SSSR count). The zero-order chi connectivity index (χ0) is 13.8. The number of carbonyl (C=O) groups is 2. The average Bonchev–Trinajstić information content (AvgIpc) is 2.28. The first kappa shape index (κ1) is 14.0. The molecule has 2 N–H and O–H groups in total. The van der Waals surface area contributed by atoms with Gasteiger partial charge < -0.3 is 10.2 Å². The second-order valence-electron chi connectivity index (χ2n) is 3.64. The van der Waals surface area contributed by atoms with E-state index in [1.165, 1.54) is 24.3 Å². The standard InChI is InChI=1S/C11H11F2NO4/c12-11(10(17)18,14(13)7-9(15)16)6-8-4-2-1-3-5-8/h1-5H,6-7H2,(H,15,16)(H,17,18)/t11-/m0/s1. The molecule has 7 heteroatoms. The number of carboxylic acids is 2. The van der Waals surface area contributed by atoms with Crippen LogP contribution in [0.15, 0.2) is 30.3 Å². The molecule has 1 atom stereocenters. The third-order valence-electron chi connectivity index (χ3n) is 2.27. The monoisotopic (exact) mass is 259 g/mol. The molecule has 1 aromatic carbocycles. The number of hydrogen-bond donors (Lipinski definition) is 2. The van der Waals surface area contributed by atoms with Gasteiger partial charge in [-0.2, -0.15) is 0 Å². The number of alkyl halides is 1. The van der Waals surface area contributed by atoms with Gasteiger partial charge in [0.15, 0.2) is 0 Å². The molecule has 98 valence electrons. The molecule has 0 fully saturated rings. The second kappa shape index (κ2) is 5.54. The van der Waals surface area contributed by atoms with Gasteiger partial charge >= 0.3 is 11.9 Å². The summed E-state index contributed by atoms with van der Waals surface area (Å²) in [5.41, 5.74) is 0.246. The van der Waals surface area contributed by atoms with Crippen molar-refractivity contribution in [3.63, 3.8) is 0 Å². The maximum absolute atomic E-state index is 14.0. The summed E-state index contributed by atoms with van der Waals surface area (Å²) in [5, 5.41) is 16.3. The highest BCUT2D eigenvalue weighted by atomic mass is 19.2. The van der Waals surface area contributed by atoms with E-state index in [1.54, 1.807) is 6.07 Å². The number of halogens is 2. The Morgan fingerprint density at radius 1 is 1.22 bits per heavy atom. The maximum Gasteiger partial charge on any atom is 0.359 e. The predicted molar refractivity (Wildman–Crippen MR) is 57.1 cm³/mol. The number of carboxylic acid groups (broad SMARTS) is 2. The van der Waals surface area contributed by atoms with Crippen LogP contribution in [0.3, 0.4) is 0 Å². The van der Waals surface area contributed by atoms with Crippen LogP contribution in [-0.2, 0) is 16.0 Å². The molecule has 0 aromatic heterocycles. The van der Waals surface area contributed by atoms with E-state index < -0.39 is 35.8 Å². The van der Waals surface area contributed by atoms with Gasteiger partial charge in [-0.05, 0) is 5.56 Å². The molecule has 0 heterocycles. The Kier molecular flexibility index (Phi) is 4.33. The number of hydrogen-bond acceptors (Lipinski definition) is 3. The first-order chi connectivity index (χ1) is 8.36. The van der Waals surface area contributed by atoms with Crippen LogP contribution >= 0.6 is 0 Å². The van der Waals surface area contributed by atoms with Gasteiger partial charge in [0.05, 0.1) is 0 Å². The topological polar surface area (TPSA) is 77.8 Å². The van der Waals surface area contributed by atoms with E-state index in [1.807, 2.05) is 0 Å². The van der Waals surface area contributed by atoms with Crippen LogP contribution in [0.1, 0.15) is 5.56 Å². The Hall–Kier alpha value is -2.02. The summed E-state index contributed by atoms with van der Waals surface area (Å²) in [4.78, 5) is 21.1. The molecule has 18 heavy (non-hydrogen) atoms. The van der Waals surface area contributed by atoms with E-state index >= 15 is 0 Å². The van der Waals surface area contributed by atoms with Crippen molar-refractivity contribution in [3.8, 4) is 0 Å². The van der Waals surface area contributed by atoms with Crippen molar-refractivity contribution in [1.29, 1.82) is 0 Å². The van der Waals surface area contributed by atoms with E-state index in [9.17, 15) is 18.5 Å². The van der Waals surface area contributed by atoms with Gasteiger partial charge in [-0.25, -0.2) is 9.18 Å². The van der Waals surface area contributed by atoms with Gasteiger partial charge in [0.1, 0.15) is 6.54 Å². The fourth-order valence-corrected chi connectivity index (χ4v) is 1.38.